The summed E-state index contributed by atoms with van der Waals surface area (Å²) in [6.07, 6.45) is -0.139. The average Bonchev–Trinajstić information content (AvgIpc) is 2.91. The lowest BCUT2D eigenvalue weighted by atomic mass is 9.72. The van der Waals surface area contributed by atoms with Crippen LogP contribution in [0.15, 0.2) is 18.2 Å². The number of benzene rings is 1. The van der Waals surface area contributed by atoms with E-state index in [-0.39, 0.29) is 19.4 Å². The molecule has 1 aromatic carbocycles. The van der Waals surface area contributed by atoms with Gasteiger partial charge in [-0.25, -0.2) is 4.39 Å². The Labute approximate surface area is 137 Å². The first-order valence-corrected chi connectivity index (χ1v) is 7.73. The molecule has 2 aromatic rings. The highest BCUT2D eigenvalue weighted by Crippen LogP contribution is 2.40. The molecule has 0 aliphatic heterocycles. The maximum atomic E-state index is 14.2. The van der Waals surface area contributed by atoms with Gasteiger partial charge in [0.25, 0.3) is 11.9 Å². The Morgan fingerprint density at radius 1 is 1.50 bits per heavy atom. The van der Waals surface area contributed by atoms with E-state index in [9.17, 15) is 14.0 Å². The predicted molar refractivity (Wildman–Crippen MR) is 83.8 cm³/mol. The number of fused-ring (bicyclic) bond motifs is 1. The molecule has 1 fully saturated rings. The van der Waals surface area contributed by atoms with Crippen LogP contribution in [0.4, 0.5) is 4.39 Å². The topological polar surface area (TPSA) is 104 Å². The normalized spacial score (nSPS) is 22.8. The standard InChI is InChI=1S/C16H18FN3O4/c1-2-24-15-19-11-4-3-9(5-12(11)20-15)13(21)18-8-16(17)6-10(7-16)14(22)23/h3-5,10H,2,6-8H2,1H3,(H,18,21)(H,19,20)(H,22,23). The molecule has 0 bridgehead atoms. The molecule has 1 aromatic heterocycles. The Morgan fingerprint density at radius 2 is 2.25 bits per heavy atom. The number of aromatic nitrogens is 2. The molecule has 1 heterocycles. The van der Waals surface area contributed by atoms with Crippen molar-refractivity contribution in [1.82, 2.24) is 15.3 Å². The van der Waals surface area contributed by atoms with Crippen LogP contribution in [0.1, 0.15) is 30.1 Å². The molecule has 0 unspecified atom stereocenters. The lowest BCUT2D eigenvalue weighted by molar-refractivity contribution is -0.151. The molecule has 7 nitrogen and oxygen atoms in total. The van der Waals surface area contributed by atoms with E-state index in [0.29, 0.717) is 29.2 Å². The fraction of sp³-hybridized carbons (Fsp3) is 0.438. The Bertz CT molecular complexity index is 783. The van der Waals surface area contributed by atoms with E-state index < -0.39 is 23.5 Å². The third-order valence-electron chi connectivity index (χ3n) is 4.14. The van der Waals surface area contributed by atoms with Crippen molar-refractivity contribution in [3.05, 3.63) is 23.8 Å². The smallest absolute Gasteiger partial charge is 0.306 e. The predicted octanol–water partition coefficient (Wildman–Crippen LogP) is 1.89. The van der Waals surface area contributed by atoms with Gasteiger partial charge in [0.2, 0.25) is 0 Å². The monoisotopic (exact) mass is 335 g/mol. The number of aromatic amines is 1. The van der Waals surface area contributed by atoms with Gasteiger partial charge in [-0.05, 0) is 38.0 Å². The van der Waals surface area contributed by atoms with Gasteiger partial charge in [-0.15, -0.1) is 0 Å². The van der Waals surface area contributed by atoms with E-state index in [1.807, 2.05) is 6.92 Å². The molecule has 24 heavy (non-hydrogen) atoms. The molecule has 128 valence electrons. The summed E-state index contributed by atoms with van der Waals surface area (Å²) in [7, 11) is 0. The van der Waals surface area contributed by atoms with E-state index >= 15 is 0 Å². The van der Waals surface area contributed by atoms with Gasteiger partial charge in [0.1, 0.15) is 5.67 Å². The molecule has 1 aliphatic rings. The highest BCUT2D eigenvalue weighted by atomic mass is 19.1. The van der Waals surface area contributed by atoms with E-state index in [1.165, 1.54) is 0 Å². The first kappa shape index (κ1) is 16.2. The second-order valence-corrected chi connectivity index (χ2v) is 5.98. The van der Waals surface area contributed by atoms with E-state index in [1.54, 1.807) is 18.2 Å². The Kier molecular flexibility index (Phi) is 4.13. The molecule has 0 atom stereocenters. The molecule has 1 aliphatic carbocycles. The SMILES string of the molecule is CCOc1nc2ccc(C(=O)NCC3(F)CC(C(=O)O)C3)cc2[nH]1. The van der Waals surface area contributed by atoms with E-state index in [4.69, 9.17) is 9.84 Å². The third kappa shape index (κ3) is 3.17. The summed E-state index contributed by atoms with van der Waals surface area (Å²) >= 11 is 0. The van der Waals surface area contributed by atoms with Crippen molar-refractivity contribution in [1.29, 1.82) is 0 Å². The number of H-pyrrole nitrogens is 1. The number of carboxylic acids is 1. The number of carbonyl (C=O) groups excluding carboxylic acids is 1. The van der Waals surface area contributed by atoms with Crippen LogP contribution >= 0.6 is 0 Å². The minimum atomic E-state index is -1.64. The Balaban J connectivity index is 1.63. The second kappa shape index (κ2) is 6.10. The number of hydrogen-bond donors (Lipinski definition) is 3. The number of amides is 1. The van der Waals surface area contributed by atoms with Crippen LogP contribution < -0.4 is 10.1 Å². The van der Waals surface area contributed by atoms with Gasteiger partial charge < -0.3 is 20.1 Å². The van der Waals surface area contributed by atoms with Crippen molar-refractivity contribution in [2.75, 3.05) is 13.2 Å². The number of nitrogens with zero attached hydrogens (tertiary/aromatic N) is 1. The zero-order chi connectivity index (χ0) is 17.3. The molecule has 0 radical (unpaired) electrons. The lowest BCUT2D eigenvalue weighted by Crippen LogP contribution is -2.51. The molecule has 3 rings (SSSR count). The van der Waals surface area contributed by atoms with Crippen LogP contribution in [0.25, 0.3) is 11.0 Å². The van der Waals surface area contributed by atoms with Crippen LogP contribution in [0.2, 0.25) is 0 Å². The number of carboxylic acid groups (broad SMARTS) is 1. The minimum Gasteiger partial charge on any atom is -0.481 e. The van der Waals surface area contributed by atoms with Gasteiger partial charge >= 0.3 is 5.97 Å². The summed E-state index contributed by atoms with van der Waals surface area (Å²) in [5.74, 6) is -2.07. The fourth-order valence-corrected chi connectivity index (χ4v) is 2.82. The van der Waals surface area contributed by atoms with Crippen molar-refractivity contribution in [3.8, 4) is 6.01 Å². The molecule has 1 amide bonds. The van der Waals surface area contributed by atoms with Crippen LogP contribution in [0, 0.1) is 5.92 Å². The van der Waals surface area contributed by atoms with Crippen LogP contribution in [0.5, 0.6) is 6.01 Å². The van der Waals surface area contributed by atoms with Gasteiger partial charge in [0, 0.05) is 5.56 Å². The van der Waals surface area contributed by atoms with Gasteiger partial charge in [0.15, 0.2) is 0 Å². The van der Waals surface area contributed by atoms with Crippen molar-refractivity contribution < 1.29 is 23.8 Å². The molecule has 0 saturated heterocycles. The minimum absolute atomic E-state index is 0.0695. The Morgan fingerprint density at radius 3 is 2.92 bits per heavy atom. The summed E-state index contributed by atoms with van der Waals surface area (Å²) in [5, 5.41) is 11.3. The summed E-state index contributed by atoms with van der Waals surface area (Å²) in [6, 6.07) is 5.27. The van der Waals surface area contributed by atoms with E-state index in [2.05, 4.69) is 15.3 Å². The van der Waals surface area contributed by atoms with Crippen LogP contribution in [-0.4, -0.2) is 45.8 Å². The first-order chi connectivity index (χ1) is 11.4. The van der Waals surface area contributed by atoms with Gasteiger partial charge in [-0.2, -0.15) is 4.98 Å². The van der Waals surface area contributed by atoms with Gasteiger partial charge in [-0.1, -0.05) is 0 Å². The lowest BCUT2D eigenvalue weighted by Gasteiger charge is -2.38. The number of alkyl halides is 1. The summed E-state index contributed by atoms with van der Waals surface area (Å²) in [4.78, 5) is 30.1. The summed E-state index contributed by atoms with van der Waals surface area (Å²) in [5.41, 5.74) is 0.0432. The average molecular weight is 335 g/mol. The zero-order valence-electron chi connectivity index (χ0n) is 13.1. The zero-order valence-corrected chi connectivity index (χ0v) is 13.1. The van der Waals surface area contributed by atoms with Crippen molar-refractivity contribution in [3.63, 3.8) is 0 Å². The summed E-state index contributed by atoms with van der Waals surface area (Å²) < 4.78 is 19.5. The maximum Gasteiger partial charge on any atom is 0.306 e. The van der Waals surface area contributed by atoms with Crippen LogP contribution in [-0.2, 0) is 4.79 Å². The first-order valence-electron chi connectivity index (χ1n) is 7.73. The van der Waals surface area contributed by atoms with Crippen molar-refractivity contribution >= 4 is 22.9 Å². The van der Waals surface area contributed by atoms with Gasteiger partial charge in [0.05, 0.1) is 30.1 Å². The number of halogens is 1. The number of aliphatic carboxylic acids is 1. The molecule has 1 saturated carbocycles. The number of hydrogen-bond acceptors (Lipinski definition) is 4. The molecule has 8 heteroatoms. The maximum absolute atomic E-state index is 14.2. The number of carbonyl (C=O) groups is 2. The summed E-state index contributed by atoms with van der Waals surface area (Å²) in [6.45, 7) is 2.12. The molecule has 3 N–H and O–H groups in total. The van der Waals surface area contributed by atoms with Crippen molar-refractivity contribution in [2.45, 2.75) is 25.4 Å². The number of rotatable bonds is 6. The van der Waals surface area contributed by atoms with Crippen molar-refractivity contribution in [2.24, 2.45) is 5.92 Å². The Hall–Kier alpha value is -2.64. The van der Waals surface area contributed by atoms with Gasteiger partial charge in [-0.3, -0.25) is 9.59 Å². The highest BCUT2D eigenvalue weighted by molar-refractivity contribution is 5.97. The largest absolute Gasteiger partial charge is 0.481 e. The molecule has 0 spiro atoms. The highest BCUT2D eigenvalue weighted by Gasteiger charge is 2.48. The molecular weight excluding hydrogens is 317 g/mol. The quantitative estimate of drug-likeness (QED) is 0.748. The number of nitrogens with one attached hydrogen (secondary N) is 2. The molecular formula is C16H18FN3O4. The number of ether oxygens (including phenoxy) is 1. The van der Waals surface area contributed by atoms with E-state index in [0.717, 1.165) is 0 Å². The third-order valence-corrected chi connectivity index (χ3v) is 4.14. The fourth-order valence-electron chi connectivity index (χ4n) is 2.82. The number of imidazole rings is 1. The second-order valence-electron chi connectivity index (χ2n) is 5.98. The van der Waals surface area contributed by atoms with Crippen LogP contribution in [0.3, 0.4) is 0 Å².